The van der Waals surface area contributed by atoms with Crippen LogP contribution in [0.5, 0.6) is 0 Å². The van der Waals surface area contributed by atoms with E-state index in [1.165, 1.54) is 25.7 Å². The van der Waals surface area contributed by atoms with E-state index in [2.05, 4.69) is 20.5 Å². The fourth-order valence-corrected chi connectivity index (χ4v) is 3.29. The second-order valence-corrected chi connectivity index (χ2v) is 5.03. The van der Waals surface area contributed by atoms with Gasteiger partial charge in [-0.25, -0.2) is 4.98 Å². The van der Waals surface area contributed by atoms with Gasteiger partial charge in [-0.15, -0.1) is 0 Å². The molecule has 1 atom stereocenters. The maximum atomic E-state index is 4.50. The molecular formula is C11H18N4. The van der Waals surface area contributed by atoms with Crippen molar-refractivity contribution in [2.75, 3.05) is 13.1 Å². The number of H-pyrrole nitrogens is 1. The summed E-state index contributed by atoms with van der Waals surface area (Å²) in [5, 5.41) is 10.8. The second kappa shape index (κ2) is 3.30. The number of hydrogen-bond donors (Lipinski definition) is 2. The molecular weight excluding hydrogens is 188 g/mol. The van der Waals surface area contributed by atoms with Crippen LogP contribution >= 0.6 is 0 Å². The molecule has 2 aliphatic rings. The normalized spacial score (nSPS) is 29.0. The first-order valence-corrected chi connectivity index (χ1v) is 5.90. The van der Waals surface area contributed by atoms with Gasteiger partial charge in [0.05, 0.1) is 0 Å². The van der Waals surface area contributed by atoms with Gasteiger partial charge in [0, 0.05) is 19.0 Å². The maximum absolute atomic E-state index is 4.50. The lowest BCUT2D eigenvalue weighted by atomic mass is 9.76. The molecule has 0 amide bonds. The standard InChI is InChI=1S/C11H18N4/c1-8-13-10(15-14-8)9-6-12-7-11(9)4-2-3-5-11/h9,12H,2-7H2,1H3,(H,13,14,15). The van der Waals surface area contributed by atoms with Crippen LogP contribution in [0.4, 0.5) is 0 Å². The van der Waals surface area contributed by atoms with Crippen molar-refractivity contribution in [3.05, 3.63) is 11.6 Å². The molecule has 1 unspecified atom stereocenters. The van der Waals surface area contributed by atoms with Crippen molar-refractivity contribution in [1.82, 2.24) is 20.5 Å². The SMILES string of the molecule is Cc1nc(C2CNCC23CCCC3)n[nH]1. The molecule has 0 aromatic carbocycles. The molecule has 1 saturated heterocycles. The molecule has 3 rings (SSSR count). The highest BCUT2D eigenvalue weighted by Crippen LogP contribution is 2.49. The van der Waals surface area contributed by atoms with Gasteiger partial charge in [0.1, 0.15) is 5.82 Å². The average Bonchev–Trinajstić information content (AvgIpc) is 2.90. The Morgan fingerprint density at radius 1 is 1.33 bits per heavy atom. The summed E-state index contributed by atoms with van der Waals surface area (Å²) in [5.74, 6) is 2.49. The van der Waals surface area contributed by atoms with E-state index in [4.69, 9.17) is 0 Å². The molecule has 0 radical (unpaired) electrons. The third-order valence-corrected chi connectivity index (χ3v) is 4.09. The van der Waals surface area contributed by atoms with Crippen LogP contribution in [-0.2, 0) is 0 Å². The highest BCUT2D eigenvalue weighted by Gasteiger charge is 2.46. The van der Waals surface area contributed by atoms with Gasteiger partial charge in [-0.05, 0) is 25.2 Å². The van der Waals surface area contributed by atoms with E-state index in [0.29, 0.717) is 11.3 Å². The molecule has 4 nitrogen and oxygen atoms in total. The Balaban J connectivity index is 1.91. The van der Waals surface area contributed by atoms with Crippen LogP contribution in [0.15, 0.2) is 0 Å². The lowest BCUT2D eigenvalue weighted by Gasteiger charge is -2.27. The van der Waals surface area contributed by atoms with Crippen molar-refractivity contribution in [2.45, 2.75) is 38.5 Å². The maximum Gasteiger partial charge on any atom is 0.155 e. The fraction of sp³-hybridized carbons (Fsp3) is 0.818. The number of aromatic nitrogens is 3. The Kier molecular flexibility index (Phi) is 2.06. The summed E-state index contributed by atoms with van der Waals surface area (Å²) < 4.78 is 0. The van der Waals surface area contributed by atoms with E-state index in [9.17, 15) is 0 Å². The van der Waals surface area contributed by atoms with Crippen LogP contribution in [0, 0.1) is 12.3 Å². The summed E-state index contributed by atoms with van der Waals surface area (Å²) >= 11 is 0. The van der Waals surface area contributed by atoms with Crippen molar-refractivity contribution in [2.24, 2.45) is 5.41 Å². The molecule has 1 aliphatic carbocycles. The summed E-state index contributed by atoms with van der Waals surface area (Å²) in [6.07, 6.45) is 5.44. The lowest BCUT2D eigenvalue weighted by Crippen LogP contribution is -2.25. The molecule has 82 valence electrons. The quantitative estimate of drug-likeness (QED) is 0.729. The summed E-state index contributed by atoms with van der Waals surface area (Å²) in [6, 6.07) is 0. The third-order valence-electron chi connectivity index (χ3n) is 4.09. The van der Waals surface area contributed by atoms with E-state index >= 15 is 0 Å². The Bertz CT molecular complexity index is 346. The van der Waals surface area contributed by atoms with Crippen LogP contribution in [0.1, 0.15) is 43.3 Å². The van der Waals surface area contributed by atoms with Crippen LogP contribution in [-0.4, -0.2) is 28.3 Å². The molecule has 1 saturated carbocycles. The number of hydrogen-bond acceptors (Lipinski definition) is 3. The van der Waals surface area contributed by atoms with E-state index in [0.717, 1.165) is 24.7 Å². The first-order chi connectivity index (χ1) is 7.30. The number of aryl methyl sites for hydroxylation is 1. The zero-order chi connectivity index (χ0) is 10.3. The predicted octanol–water partition coefficient (Wildman–Crippen LogP) is 1.36. The lowest BCUT2D eigenvalue weighted by molar-refractivity contribution is 0.287. The molecule has 1 aromatic rings. The van der Waals surface area contributed by atoms with Crippen molar-refractivity contribution < 1.29 is 0 Å². The number of rotatable bonds is 1. The summed E-state index contributed by atoms with van der Waals surface area (Å²) in [4.78, 5) is 4.50. The Labute approximate surface area is 89.9 Å². The molecule has 1 aromatic heterocycles. The Hall–Kier alpha value is -0.900. The summed E-state index contributed by atoms with van der Waals surface area (Å²) in [5.41, 5.74) is 0.467. The highest BCUT2D eigenvalue weighted by atomic mass is 15.2. The fourth-order valence-electron chi connectivity index (χ4n) is 3.29. The predicted molar refractivity (Wildman–Crippen MR) is 57.6 cm³/mol. The first-order valence-electron chi connectivity index (χ1n) is 5.90. The smallest absolute Gasteiger partial charge is 0.155 e. The number of nitrogens with one attached hydrogen (secondary N) is 2. The van der Waals surface area contributed by atoms with Crippen LogP contribution < -0.4 is 5.32 Å². The molecule has 2 fully saturated rings. The van der Waals surface area contributed by atoms with Gasteiger partial charge in [-0.1, -0.05) is 12.8 Å². The molecule has 2 N–H and O–H groups in total. The molecule has 15 heavy (non-hydrogen) atoms. The van der Waals surface area contributed by atoms with Crippen LogP contribution in [0.25, 0.3) is 0 Å². The van der Waals surface area contributed by atoms with Crippen LogP contribution in [0.2, 0.25) is 0 Å². The van der Waals surface area contributed by atoms with Gasteiger partial charge in [-0.3, -0.25) is 5.10 Å². The first kappa shape index (κ1) is 9.33. The minimum absolute atomic E-state index is 0.467. The van der Waals surface area contributed by atoms with E-state index < -0.39 is 0 Å². The van der Waals surface area contributed by atoms with Crippen LogP contribution in [0.3, 0.4) is 0 Å². The molecule has 4 heteroatoms. The molecule has 1 aliphatic heterocycles. The van der Waals surface area contributed by atoms with Gasteiger partial charge >= 0.3 is 0 Å². The topological polar surface area (TPSA) is 53.6 Å². The molecule has 1 spiro atoms. The van der Waals surface area contributed by atoms with E-state index in [1.54, 1.807) is 0 Å². The monoisotopic (exact) mass is 206 g/mol. The largest absolute Gasteiger partial charge is 0.315 e. The van der Waals surface area contributed by atoms with Gasteiger partial charge in [0.2, 0.25) is 0 Å². The Morgan fingerprint density at radius 3 is 2.80 bits per heavy atom. The van der Waals surface area contributed by atoms with Gasteiger partial charge in [0.15, 0.2) is 5.82 Å². The zero-order valence-corrected chi connectivity index (χ0v) is 9.21. The minimum atomic E-state index is 0.467. The van der Waals surface area contributed by atoms with Gasteiger partial charge in [-0.2, -0.15) is 5.10 Å². The molecule has 0 bridgehead atoms. The number of nitrogens with zero attached hydrogens (tertiary/aromatic N) is 2. The average molecular weight is 206 g/mol. The van der Waals surface area contributed by atoms with Gasteiger partial charge < -0.3 is 5.32 Å². The minimum Gasteiger partial charge on any atom is -0.315 e. The Morgan fingerprint density at radius 2 is 2.13 bits per heavy atom. The van der Waals surface area contributed by atoms with Crippen molar-refractivity contribution in [3.63, 3.8) is 0 Å². The third kappa shape index (κ3) is 1.39. The number of aromatic amines is 1. The van der Waals surface area contributed by atoms with Crippen molar-refractivity contribution >= 4 is 0 Å². The molecule has 2 heterocycles. The second-order valence-electron chi connectivity index (χ2n) is 5.03. The zero-order valence-electron chi connectivity index (χ0n) is 9.21. The summed E-state index contributed by atoms with van der Waals surface area (Å²) in [6.45, 7) is 4.18. The van der Waals surface area contributed by atoms with Crippen molar-refractivity contribution in [1.29, 1.82) is 0 Å². The summed E-state index contributed by atoms with van der Waals surface area (Å²) in [7, 11) is 0. The van der Waals surface area contributed by atoms with E-state index in [1.807, 2.05) is 6.92 Å². The van der Waals surface area contributed by atoms with Crippen molar-refractivity contribution in [3.8, 4) is 0 Å². The van der Waals surface area contributed by atoms with E-state index in [-0.39, 0.29) is 0 Å². The highest BCUT2D eigenvalue weighted by molar-refractivity contribution is 5.12. The van der Waals surface area contributed by atoms with Gasteiger partial charge in [0.25, 0.3) is 0 Å².